The summed E-state index contributed by atoms with van der Waals surface area (Å²) in [5.74, 6) is 1.24. The molecule has 1 rings (SSSR count). The van der Waals surface area contributed by atoms with Crippen LogP contribution in [-0.2, 0) is 0 Å². The second-order valence-corrected chi connectivity index (χ2v) is 6.73. The summed E-state index contributed by atoms with van der Waals surface area (Å²) in [7, 11) is 0. The van der Waals surface area contributed by atoms with Gasteiger partial charge in [-0.3, -0.25) is 0 Å². The van der Waals surface area contributed by atoms with Crippen LogP contribution < -0.4 is 0 Å². The standard InChI is InChI=1S/C20H35N/c1-8-11-16(6)19-18(12-9-2)21(13-10-3)20(19)17(7)14-15(4)5/h9,12,14,16-18H,8,10-11,13H2,1-7H3/b12-9-. The fraction of sp³-hybridized carbons (Fsp3) is 0.700. The van der Waals surface area contributed by atoms with E-state index in [1.165, 1.54) is 31.4 Å². The van der Waals surface area contributed by atoms with Gasteiger partial charge in [-0.2, -0.15) is 0 Å². The maximum atomic E-state index is 2.63. The summed E-state index contributed by atoms with van der Waals surface area (Å²) in [4.78, 5) is 2.63. The minimum absolute atomic E-state index is 0.539. The number of hydrogen-bond donors (Lipinski definition) is 0. The van der Waals surface area contributed by atoms with Crippen molar-refractivity contribution < 1.29 is 0 Å². The van der Waals surface area contributed by atoms with Crippen LogP contribution in [0.4, 0.5) is 0 Å². The normalized spacial score (nSPS) is 21.5. The van der Waals surface area contributed by atoms with Crippen LogP contribution in [-0.4, -0.2) is 17.5 Å². The first-order valence-corrected chi connectivity index (χ1v) is 8.76. The van der Waals surface area contributed by atoms with Gasteiger partial charge in [-0.15, -0.1) is 0 Å². The molecule has 0 spiro atoms. The first kappa shape index (κ1) is 18.1. The van der Waals surface area contributed by atoms with Gasteiger partial charge < -0.3 is 4.90 Å². The van der Waals surface area contributed by atoms with Gasteiger partial charge in [0.2, 0.25) is 0 Å². The predicted octanol–water partition coefficient (Wildman–Crippen LogP) is 5.95. The van der Waals surface area contributed by atoms with Crippen molar-refractivity contribution in [1.29, 1.82) is 0 Å². The van der Waals surface area contributed by atoms with Gasteiger partial charge in [0, 0.05) is 18.2 Å². The molecule has 0 saturated carbocycles. The van der Waals surface area contributed by atoms with Crippen LogP contribution in [0.1, 0.15) is 67.7 Å². The van der Waals surface area contributed by atoms with Crippen molar-refractivity contribution in [3.05, 3.63) is 35.1 Å². The van der Waals surface area contributed by atoms with Crippen molar-refractivity contribution in [2.45, 2.75) is 73.8 Å². The second-order valence-electron chi connectivity index (χ2n) is 6.73. The molecule has 0 radical (unpaired) electrons. The molecule has 1 aliphatic rings. The van der Waals surface area contributed by atoms with Crippen molar-refractivity contribution in [1.82, 2.24) is 4.90 Å². The van der Waals surface area contributed by atoms with E-state index in [0.29, 0.717) is 17.9 Å². The lowest BCUT2D eigenvalue weighted by molar-refractivity contribution is 0.215. The van der Waals surface area contributed by atoms with Crippen molar-refractivity contribution in [3.8, 4) is 0 Å². The first-order valence-electron chi connectivity index (χ1n) is 8.76. The van der Waals surface area contributed by atoms with E-state index in [1.807, 2.05) is 0 Å². The summed E-state index contributed by atoms with van der Waals surface area (Å²) in [5.41, 5.74) is 4.71. The third-order valence-electron chi connectivity index (χ3n) is 4.37. The predicted molar refractivity (Wildman–Crippen MR) is 95.3 cm³/mol. The van der Waals surface area contributed by atoms with Crippen LogP contribution in [0, 0.1) is 11.8 Å². The largest absolute Gasteiger partial charge is 0.364 e. The highest BCUT2D eigenvalue weighted by Gasteiger charge is 2.38. The number of allylic oxidation sites excluding steroid dienone is 3. The van der Waals surface area contributed by atoms with Gasteiger partial charge >= 0.3 is 0 Å². The molecule has 0 aromatic carbocycles. The lowest BCUT2D eigenvalue weighted by Crippen LogP contribution is -2.49. The third-order valence-corrected chi connectivity index (χ3v) is 4.37. The maximum Gasteiger partial charge on any atom is 0.0706 e. The summed E-state index contributed by atoms with van der Waals surface area (Å²) in [5, 5.41) is 0. The third kappa shape index (κ3) is 4.25. The Bertz CT molecular complexity index is 410. The van der Waals surface area contributed by atoms with E-state index in [9.17, 15) is 0 Å². The smallest absolute Gasteiger partial charge is 0.0706 e. The lowest BCUT2D eigenvalue weighted by atomic mass is 9.77. The van der Waals surface area contributed by atoms with Crippen molar-refractivity contribution in [3.63, 3.8) is 0 Å². The molecule has 3 unspecified atom stereocenters. The highest BCUT2D eigenvalue weighted by atomic mass is 15.2. The quantitative estimate of drug-likeness (QED) is 0.499. The molecule has 120 valence electrons. The summed E-state index contributed by atoms with van der Waals surface area (Å²) >= 11 is 0. The van der Waals surface area contributed by atoms with Crippen molar-refractivity contribution in [2.75, 3.05) is 6.54 Å². The van der Waals surface area contributed by atoms with Gasteiger partial charge in [0.25, 0.3) is 0 Å². The van der Waals surface area contributed by atoms with Gasteiger partial charge in [0.05, 0.1) is 6.04 Å². The molecule has 0 N–H and O–H groups in total. The van der Waals surface area contributed by atoms with Gasteiger partial charge in [-0.1, -0.05) is 57.9 Å². The second kappa shape index (κ2) is 8.46. The van der Waals surface area contributed by atoms with Crippen LogP contribution in [0.5, 0.6) is 0 Å². The molecule has 0 fully saturated rings. The zero-order chi connectivity index (χ0) is 16.0. The topological polar surface area (TPSA) is 3.24 Å². The van der Waals surface area contributed by atoms with Crippen LogP contribution in [0.2, 0.25) is 0 Å². The molecule has 1 heterocycles. The first-order chi connectivity index (χ1) is 9.97. The molecule has 0 amide bonds. The highest BCUT2D eigenvalue weighted by molar-refractivity contribution is 5.40. The molecule has 3 atom stereocenters. The van der Waals surface area contributed by atoms with E-state index >= 15 is 0 Å². The Hall–Kier alpha value is -0.980. The molecule has 0 saturated heterocycles. The average Bonchev–Trinajstić information content (AvgIpc) is 2.38. The number of hydrogen-bond acceptors (Lipinski definition) is 1. The van der Waals surface area contributed by atoms with E-state index in [1.54, 1.807) is 11.3 Å². The van der Waals surface area contributed by atoms with E-state index < -0.39 is 0 Å². The zero-order valence-corrected chi connectivity index (χ0v) is 15.2. The molecule has 0 bridgehead atoms. The molecule has 0 aliphatic carbocycles. The van der Waals surface area contributed by atoms with Crippen LogP contribution >= 0.6 is 0 Å². The van der Waals surface area contributed by atoms with Crippen LogP contribution in [0.3, 0.4) is 0 Å². The Labute approximate surface area is 132 Å². The van der Waals surface area contributed by atoms with Crippen molar-refractivity contribution in [2.24, 2.45) is 11.8 Å². The maximum absolute atomic E-state index is 2.63. The van der Waals surface area contributed by atoms with E-state index in [2.05, 4.69) is 71.6 Å². The summed E-state index contributed by atoms with van der Waals surface area (Å²) in [6.07, 6.45) is 10.8. The molecular weight excluding hydrogens is 254 g/mol. The van der Waals surface area contributed by atoms with Gasteiger partial charge in [0.1, 0.15) is 0 Å². The Morgan fingerprint density at radius 2 is 1.86 bits per heavy atom. The van der Waals surface area contributed by atoms with Gasteiger partial charge in [-0.25, -0.2) is 0 Å². The lowest BCUT2D eigenvalue weighted by Gasteiger charge is -2.50. The Kier molecular flexibility index (Phi) is 7.28. The number of nitrogens with zero attached hydrogens (tertiary/aromatic N) is 1. The fourth-order valence-electron chi connectivity index (χ4n) is 3.70. The van der Waals surface area contributed by atoms with E-state index in [-0.39, 0.29) is 0 Å². The Morgan fingerprint density at radius 3 is 2.33 bits per heavy atom. The molecule has 0 aromatic heterocycles. The Morgan fingerprint density at radius 1 is 1.19 bits per heavy atom. The van der Waals surface area contributed by atoms with Crippen LogP contribution in [0.25, 0.3) is 0 Å². The van der Waals surface area contributed by atoms with Crippen molar-refractivity contribution >= 4 is 0 Å². The molecule has 1 nitrogen and oxygen atoms in total. The number of rotatable bonds is 8. The van der Waals surface area contributed by atoms with Gasteiger partial charge in [0.15, 0.2) is 0 Å². The summed E-state index contributed by atoms with van der Waals surface area (Å²) in [6.45, 7) is 17.1. The van der Waals surface area contributed by atoms with Crippen LogP contribution in [0.15, 0.2) is 35.1 Å². The monoisotopic (exact) mass is 289 g/mol. The average molecular weight is 290 g/mol. The summed E-state index contributed by atoms with van der Waals surface area (Å²) in [6, 6.07) is 0.541. The molecule has 1 aliphatic heterocycles. The zero-order valence-electron chi connectivity index (χ0n) is 15.2. The molecule has 0 aromatic rings. The van der Waals surface area contributed by atoms with Gasteiger partial charge in [-0.05, 0) is 45.1 Å². The molecule has 21 heavy (non-hydrogen) atoms. The fourth-order valence-corrected chi connectivity index (χ4v) is 3.70. The Balaban J connectivity index is 3.18. The summed E-state index contributed by atoms with van der Waals surface area (Å²) < 4.78 is 0. The minimum atomic E-state index is 0.539. The minimum Gasteiger partial charge on any atom is -0.364 e. The van der Waals surface area contributed by atoms with E-state index in [4.69, 9.17) is 0 Å². The molecule has 1 heteroatoms. The van der Waals surface area contributed by atoms with E-state index in [0.717, 1.165) is 0 Å². The SMILES string of the molecule is C/C=C\C1C(C(C)CCC)=C(C(C)C=C(C)C)N1CCC. The highest BCUT2D eigenvalue weighted by Crippen LogP contribution is 2.42. The molecular formula is C20H35N.